The predicted molar refractivity (Wildman–Crippen MR) is 80.8 cm³/mol. The number of benzene rings is 1. The van der Waals surface area contributed by atoms with Crippen LogP contribution in [0.5, 0.6) is 0 Å². The van der Waals surface area contributed by atoms with Gasteiger partial charge in [0.2, 0.25) is 0 Å². The molecule has 7 heteroatoms. The SMILES string of the molecule is Fc1ccc(F)c(CNc2cncc(N3CCNCC3)n2)c1. The van der Waals surface area contributed by atoms with Crippen molar-refractivity contribution >= 4 is 11.6 Å². The highest BCUT2D eigenvalue weighted by atomic mass is 19.1. The monoisotopic (exact) mass is 305 g/mol. The van der Waals surface area contributed by atoms with Crippen molar-refractivity contribution in [2.75, 3.05) is 36.4 Å². The summed E-state index contributed by atoms with van der Waals surface area (Å²) in [5.41, 5.74) is 0.259. The Kier molecular flexibility index (Phi) is 4.43. The highest BCUT2D eigenvalue weighted by Gasteiger charge is 2.12. The molecule has 1 aromatic heterocycles. The van der Waals surface area contributed by atoms with E-state index in [0.29, 0.717) is 5.82 Å². The summed E-state index contributed by atoms with van der Waals surface area (Å²) < 4.78 is 26.7. The number of hydrogen-bond acceptors (Lipinski definition) is 5. The molecule has 2 N–H and O–H groups in total. The first-order chi connectivity index (χ1) is 10.7. The van der Waals surface area contributed by atoms with Gasteiger partial charge in [-0.15, -0.1) is 0 Å². The number of rotatable bonds is 4. The van der Waals surface area contributed by atoms with Crippen molar-refractivity contribution in [3.8, 4) is 0 Å². The lowest BCUT2D eigenvalue weighted by Gasteiger charge is -2.28. The van der Waals surface area contributed by atoms with Gasteiger partial charge in [0, 0.05) is 38.3 Å². The van der Waals surface area contributed by atoms with Crippen LogP contribution in [-0.4, -0.2) is 36.1 Å². The summed E-state index contributed by atoms with van der Waals surface area (Å²) in [6, 6.07) is 3.40. The molecule has 1 fully saturated rings. The molecule has 0 amide bonds. The van der Waals surface area contributed by atoms with Crippen molar-refractivity contribution in [3.05, 3.63) is 47.8 Å². The molecule has 0 unspecified atom stereocenters. The van der Waals surface area contributed by atoms with E-state index in [2.05, 4.69) is 25.5 Å². The van der Waals surface area contributed by atoms with Gasteiger partial charge in [-0.05, 0) is 18.2 Å². The molecule has 116 valence electrons. The Hall–Kier alpha value is -2.28. The predicted octanol–water partition coefficient (Wildman–Crippen LogP) is 1.78. The number of anilines is 2. The molecule has 5 nitrogen and oxygen atoms in total. The molecule has 0 atom stereocenters. The zero-order valence-corrected chi connectivity index (χ0v) is 12.0. The van der Waals surface area contributed by atoms with Crippen molar-refractivity contribution in [2.24, 2.45) is 0 Å². The van der Waals surface area contributed by atoms with Crippen molar-refractivity contribution in [1.29, 1.82) is 0 Å². The average Bonchev–Trinajstić information content (AvgIpc) is 2.57. The van der Waals surface area contributed by atoms with E-state index in [1.807, 2.05) is 0 Å². The smallest absolute Gasteiger partial charge is 0.149 e. The molecule has 0 saturated carbocycles. The third-order valence-electron chi connectivity index (χ3n) is 3.53. The highest BCUT2D eigenvalue weighted by Crippen LogP contribution is 2.15. The highest BCUT2D eigenvalue weighted by molar-refractivity contribution is 5.44. The zero-order chi connectivity index (χ0) is 15.4. The van der Waals surface area contributed by atoms with Gasteiger partial charge in [0.15, 0.2) is 0 Å². The van der Waals surface area contributed by atoms with Gasteiger partial charge in [-0.2, -0.15) is 0 Å². The van der Waals surface area contributed by atoms with E-state index in [4.69, 9.17) is 0 Å². The number of nitrogens with zero attached hydrogens (tertiary/aromatic N) is 3. The quantitative estimate of drug-likeness (QED) is 0.902. The van der Waals surface area contributed by atoms with Gasteiger partial charge >= 0.3 is 0 Å². The van der Waals surface area contributed by atoms with Crippen molar-refractivity contribution in [2.45, 2.75) is 6.54 Å². The van der Waals surface area contributed by atoms with Gasteiger partial charge in [0.05, 0.1) is 12.4 Å². The van der Waals surface area contributed by atoms with E-state index >= 15 is 0 Å². The molecule has 3 rings (SSSR count). The molecular formula is C15H17F2N5. The van der Waals surface area contributed by atoms with Crippen LogP contribution in [-0.2, 0) is 6.54 Å². The van der Waals surface area contributed by atoms with Crippen LogP contribution in [0.25, 0.3) is 0 Å². The summed E-state index contributed by atoms with van der Waals surface area (Å²) in [6.07, 6.45) is 3.28. The fraction of sp³-hybridized carbons (Fsp3) is 0.333. The maximum atomic E-state index is 13.6. The molecule has 0 bridgehead atoms. The summed E-state index contributed by atoms with van der Waals surface area (Å²) in [5, 5.41) is 6.26. The maximum absolute atomic E-state index is 13.6. The Balaban J connectivity index is 1.68. The summed E-state index contributed by atoms with van der Waals surface area (Å²) in [6.45, 7) is 3.72. The van der Waals surface area contributed by atoms with Crippen LogP contribution >= 0.6 is 0 Å². The second-order valence-corrected chi connectivity index (χ2v) is 5.09. The summed E-state index contributed by atoms with van der Waals surface area (Å²) >= 11 is 0. The number of aromatic nitrogens is 2. The van der Waals surface area contributed by atoms with E-state index in [1.54, 1.807) is 12.4 Å². The second kappa shape index (κ2) is 6.65. The average molecular weight is 305 g/mol. The Morgan fingerprint density at radius 1 is 1.18 bits per heavy atom. The molecule has 0 aliphatic carbocycles. The van der Waals surface area contributed by atoms with Gasteiger partial charge in [-0.25, -0.2) is 13.8 Å². The molecule has 1 aliphatic heterocycles. The minimum Gasteiger partial charge on any atom is -0.365 e. The largest absolute Gasteiger partial charge is 0.365 e. The molecule has 1 aromatic carbocycles. The van der Waals surface area contributed by atoms with E-state index in [1.165, 1.54) is 6.07 Å². The lowest BCUT2D eigenvalue weighted by Crippen LogP contribution is -2.44. The Labute approximate surface area is 127 Å². The van der Waals surface area contributed by atoms with Gasteiger partial charge in [-0.1, -0.05) is 0 Å². The maximum Gasteiger partial charge on any atom is 0.149 e. The van der Waals surface area contributed by atoms with E-state index in [-0.39, 0.29) is 12.1 Å². The number of halogens is 2. The number of nitrogens with one attached hydrogen (secondary N) is 2. The van der Waals surface area contributed by atoms with E-state index in [0.717, 1.165) is 44.1 Å². The van der Waals surface area contributed by atoms with Crippen LogP contribution in [0, 0.1) is 11.6 Å². The fourth-order valence-corrected chi connectivity index (χ4v) is 2.35. The van der Waals surface area contributed by atoms with Crippen molar-refractivity contribution in [3.63, 3.8) is 0 Å². The Morgan fingerprint density at radius 3 is 2.82 bits per heavy atom. The van der Waals surface area contributed by atoms with Gasteiger partial charge < -0.3 is 15.5 Å². The third-order valence-corrected chi connectivity index (χ3v) is 3.53. The Bertz CT molecular complexity index is 644. The van der Waals surface area contributed by atoms with Crippen LogP contribution in [0.2, 0.25) is 0 Å². The fourth-order valence-electron chi connectivity index (χ4n) is 2.35. The van der Waals surface area contributed by atoms with Crippen LogP contribution < -0.4 is 15.5 Å². The van der Waals surface area contributed by atoms with Crippen LogP contribution in [0.15, 0.2) is 30.6 Å². The molecule has 22 heavy (non-hydrogen) atoms. The summed E-state index contributed by atoms with van der Waals surface area (Å²) in [7, 11) is 0. The van der Waals surface area contributed by atoms with Crippen LogP contribution in [0.1, 0.15) is 5.56 Å². The minimum atomic E-state index is -0.459. The molecule has 1 aliphatic rings. The lowest BCUT2D eigenvalue weighted by atomic mass is 10.2. The topological polar surface area (TPSA) is 53.1 Å². The van der Waals surface area contributed by atoms with E-state index < -0.39 is 11.6 Å². The molecule has 2 aromatic rings. The first-order valence-corrected chi connectivity index (χ1v) is 7.18. The van der Waals surface area contributed by atoms with Gasteiger partial charge in [0.1, 0.15) is 23.3 Å². The Morgan fingerprint density at radius 2 is 2.00 bits per heavy atom. The van der Waals surface area contributed by atoms with Gasteiger partial charge in [-0.3, -0.25) is 4.98 Å². The zero-order valence-electron chi connectivity index (χ0n) is 12.0. The summed E-state index contributed by atoms with van der Waals surface area (Å²) in [5.74, 6) is 0.421. The lowest BCUT2D eigenvalue weighted by molar-refractivity contribution is 0.584. The first kappa shape index (κ1) is 14.6. The molecule has 0 spiro atoms. The molecule has 1 saturated heterocycles. The molecule has 2 heterocycles. The molecule has 0 radical (unpaired) electrons. The number of hydrogen-bond donors (Lipinski definition) is 2. The van der Waals surface area contributed by atoms with Crippen molar-refractivity contribution < 1.29 is 8.78 Å². The summed E-state index contributed by atoms with van der Waals surface area (Å²) in [4.78, 5) is 10.8. The normalized spacial score (nSPS) is 14.9. The van der Waals surface area contributed by atoms with Crippen LogP contribution in [0.3, 0.4) is 0 Å². The van der Waals surface area contributed by atoms with Crippen molar-refractivity contribution in [1.82, 2.24) is 15.3 Å². The third kappa shape index (κ3) is 3.48. The van der Waals surface area contributed by atoms with Gasteiger partial charge in [0.25, 0.3) is 0 Å². The standard InChI is InChI=1S/C15H17F2N5/c16-12-1-2-13(17)11(7-12)8-20-14-9-19-10-15(21-14)22-5-3-18-4-6-22/h1-2,7,9-10,18H,3-6,8H2,(H,20,21). The first-order valence-electron chi connectivity index (χ1n) is 7.18. The van der Waals surface area contributed by atoms with Crippen LogP contribution in [0.4, 0.5) is 20.4 Å². The minimum absolute atomic E-state index is 0.156. The second-order valence-electron chi connectivity index (χ2n) is 5.09. The number of piperazine rings is 1. The van der Waals surface area contributed by atoms with E-state index in [9.17, 15) is 8.78 Å². The molecular weight excluding hydrogens is 288 g/mol.